The van der Waals surface area contributed by atoms with Gasteiger partial charge >= 0.3 is 5.69 Å². The Balaban J connectivity index is 2.46. The van der Waals surface area contributed by atoms with Gasteiger partial charge in [0.25, 0.3) is 5.56 Å². The zero-order chi connectivity index (χ0) is 14.2. The second-order valence-corrected chi connectivity index (χ2v) is 5.69. The predicted octanol–water partition coefficient (Wildman–Crippen LogP) is 0.124. The molecule has 2 heterocycles. The smallest absolute Gasteiger partial charge is 0.332 e. The van der Waals surface area contributed by atoms with E-state index in [4.69, 9.17) is 0 Å². The molecule has 2 N–H and O–H groups in total. The lowest BCUT2D eigenvalue weighted by atomic mass is 10.5. The Kier molecular flexibility index (Phi) is 3.70. The van der Waals surface area contributed by atoms with Crippen LogP contribution >= 0.6 is 11.8 Å². The predicted molar refractivity (Wildman–Crippen MR) is 78.0 cm³/mol. The second-order valence-electron chi connectivity index (χ2n) is 4.42. The number of anilines is 1. The van der Waals surface area contributed by atoms with E-state index in [0.717, 1.165) is 11.1 Å². The van der Waals surface area contributed by atoms with Crippen molar-refractivity contribution >= 4 is 28.9 Å². The molecule has 0 saturated heterocycles. The van der Waals surface area contributed by atoms with Gasteiger partial charge in [-0.1, -0.05) is 6.92 Å². The highest BCUT2D eigenvalue weighted by Gasteiger charge is 2.13. The number of aryl methyl sites for hydroxylation is 1. The van der Waals surface area contributed by atoms with Crippen LogP contribution in [0.4, 0.5) is 5.95 Å². The minimum absolute atomic E-state index is 0.337. The molecule has 0 fully saturated rings. The van der Waals surface area contributed by atoms with Crippen LogP contribution in [0.3, 0.4) is 0 Å². The van der Waals surface area contributed by atoms with Crippen molar-refractivity contribution in [2.45, 2.75) is 12.2 Å². The average Bonchev–Trinajstić information content (AvgIpc) is 2.84. The van der Waals surface area contributed by atoms with E-state index in [9.17, 15) is 9.59 Å². The summed E-state index contributed by atoms with van der Waals surface area (Å²) in [5.74, 6) is 0.509. The van der Waals surface area contributed by atoms with Gasteiger partial charge in [-0.3, -0.25) is 13.9 Å². The number of imidazole rings is 1. The molecule has 0 bridgehead atoms. The molecular weight excluding hydrogens is 266 g/mol. The van der Waals surface area contributed by atoms with Gasteiger partial charge in [-0.15, -0.1) is 0 Å². The Hall–Kier alpha value is -1.70. The van der Waals surface area contributed by atoms with Crippen LogP contribution in [-0.2, 0) is 14.1 Å². The van der Waals surface area contributed by atoms with Crippen molar-refractivity contribution in [2.75, 3.05) is 18.1 Å². The summed E-state index contributed by atoms with van der Waals surface area (Å²) in [4.78, 5) is 30.9. The van der Waals surface area contributed by atoms with Crippen LogP contribution in [0, 0.1) is 0 Å². The van der Waals surface area contributed by atoms with Crippen molar-refractivity contribution in [1.29, 1.82) is 0 Å². The fourth-order valence-corrected chi connectivity index (χ4v) is 1.98. The third-order valence-corrected chi connectivity index (χ3v) is 4.03. The summed E-state index contributed by atoms with van der Waals surface area (Å²) < 4.78 is 2.42. The molecule has 0 aliphatic heterocycles. The van der Waals surface area contributed by atoms with Crippen molar-refractivity contribution in [3.8, 4) is 0 Å². The molecule has 1 atom stereocenters. The molecule has 2 rings (SSSR count). The number of hydrogen-bond acceptors (Lipinski definition) is 5. The molecule has 0 spiro atoms. The van der Waals surface area contributed by atoms with Crippen LogP contribution in [0.5, 0.6) is 0 Å². The first-order valence-electron chi connectivity index (χ1n) is 5.88. The molecule has 0 aliphatic carbocycles. The first kappa shape index (κ1) is 13.7. The van der Waals surface area contributed by atoms with E-state index in [1.54, 1.807) is 18.8 Å². The maximum absolute atomic E-state index is 12.0. The van der Waals surface area contributed by atoms with Crippen molar-refractivity contribution in [2.24, 2.45) is 14.1 Å². The lowest BCUT2D eigenvalue weighted by molar-refractivity contribution is 0.709. The number of nitrogens with zero attached hydrogens (tertiary/aromatic N) is 3. The molecule has 0 saturated carbocycles. The summed E-state index contributed by atoms with van der Waals surface area (Å²) >= 11 is 1.74. The first-order chi connectivity index (χ1) is 8.95. The van der Waals surface area contributed by atoms with E-state index < -0.39 is 0 Å². The maximum atomic E-state index is 12.0. The van der Waals surface area contributed by atoms with Gasteiger partial charge in [0.2, 0.25) is 5.95 Å². The summed E-state index contributed by atoms with van der Waals surface area (Å²) in [6.07, 6.45) is 2.03. The zero-order valence-electron chi connectivity index (χ0n) is 11.4. The summed E-state index contributed by atoms with van der Waals surface area (Å²) in [7, 11) is 3.05. The Morgan fingerprint density at radius 3 is 2.68 bits per heavy atom. The van der Waals surface area contributed by atoms with E-state index in [1.165, 1.54) is 11.6 Å². The molecule has 7 nitrogen and oxygen atoms in total. The minimum Gasteiger partial charge on any atom is -0.355 e. The molecule has 0 aliphatic rings. The molecule has 2 aromatic heterocycles. The number of rotatable bonds is 4. The Morgan fingerprint density at radius 2 is 2.05 bits per heavy atom. The van der Waals surface area contributed by atoms with Crippen molar-refractivity contribution in [1.82, 2.24) is 19.1 Å². The molecule has 2 aromatic rings. The van der Waals surface area contributed by atoms with E-state index in [2.05, 4.69) is 22.2 Å². The summed E-state index contributed by atoms with van der Waals surface area (Å²) in [5, 5.41) is 3.56. The quantitative estimate of drug-likeness (QED) is 0.833. The van der Waals surface area contributed by atoms with Gasteiger partial charge in [0, 0.05) is 25.9 Å². The Bertz CT molecular complexity index is 714. The Morgan fingerprint density at radius 1 is 1.37 bits per heavy atom. The maximum Gasteiger partial charge on any atom is 0.332 e. The van der Waals surface area contributed by atoms with Gasteiger partial charge in [0.15, 0.2) is 11.2 Å². The van der Waals surface area contributed by atoms with Gasteiger partial charge in [-0.25, -0.2) is 4.79 Å². The fraction of sp³-hybridized carbons (Fsp3) is 0.545. The molecule has 19 heavy (non-hydrogen) atoms. The summed E-state index contributed by atoms with van der Waals surface area (Å²) in [6, 6.07) is 0. The third kappa shape index (κ3) is 2.40. The van der Waals surface area contributed by atoms with Crippen LogP contribution in [0.25, 0.3) is 11.2 Å². The molecule has 0 aromatic carbocycles. The highest BCUT2D eigenvalue weighted by atomic mass is 32.2. The molecule has 1 unspecified atom stereocenters. The van der Waals surface area contributed by atoms with Gasteiger partial charge < -0.3 is 10.3 Å². The van der Waals surface area contributed by atoms with Crippen LogP contribution < -0.4 is 16.6 Å². The normalized spacial score (nSPS) is 12.8. The monoisotopic (exact) mass is 283 g/mol. The van der Waals surface area contributed by atoms with Crippen LogP contribution in [0.15, 0.2) is 9.59 Å². The number of aromatic nitrogens is 4. The third-order valence-electron chi connectivity index (χ3n) is 3.05. The number of fused-ring (bicyclic) bond motifs is 1. The number of thioether (sulfide) groups is 1. The minimum atomic E-state index is -0.381. The number of aromatic amines is 1. The lowest BCUT2D eigenvalue weighted by Gasteiger charge is -2.07. The summed E-state index contributed by atoms with van der Waals surface area (Å²) in [6.45, 7) is 2.82. The van der Waals surface area contributed by atoms with Crippen molar-refractivity contribution < 1.29 is 0 Å². The van der Waals surface area contributed by atoms with Gasteiger partial charge in [0.05, 0.1) is 0 Å². The molecule has 0 amide bonds. The molecule has 0 radical (unpaired) electrons. The SMILES string of the molecule is CSC(C)CNc1nc2c([nH]1)c(=O)n(C)c(=O)n2C. The number of nitrogens with one attached hydrogen (secondary N) is 2. The van der Waals surface area contributed by atoms with Crippen LogP contribution in [0.1, 0.15) is 6.92 Å². The standard InChI is InChI=1S/C11H17N5O2S/c1-6(19-4)5-12-10-13-7-8(14-10)15(2)11(18)16(3)9(7)17/h6H,5H2,1-4H3,(H2,12,13,14). The number of H-pyrrole nitrogens is 1. The van der Waals surface area contributed by atoms with E-state index in [-0.39, 0.29) is 11.2 Å². The zero-order valence-corrected chi connectivity index (χ0v) is 12.2. The fourth-order valence-electron chi connectivity index (χ4n) is 1.73. The molecule has 104 valence electrons. The van der Waals surface area contributed by atoms with Crippen LogP contribution in [-0.4, -0.2) is 37.2 Å². The largest absolute Gasteiger partial charge is 0.355 e. The lowest BCUT2D eigenvalue weighted by Crippen LogP contribution is -2.36. The van der Waals surface area contributed by atoms with Crippen molar-refractivity contribution in [3.63, 3.8) is 0 Å². The topological polar surface area (TPSA) is 84.7 Å². The highest BCUT2D eigenvalue weighted by molar-refractivity contribution is 7.99. The van der Waals surface area contributed by atoms with Gasteiger partial charge in [-0.2, -0.15) is 16.7 Å². The highest BCUT2D eigenvalue weighted by Crippen LogP contribution is 2.10. The Labute approximate surface area is 114 Å². The average molecular weight is 283 g/mol. The van der Waals surface area contributed by atoms with Gasteiger partial charge in [-0.05, 0) is 6.26 Å². The molecular formula is C11H17N5O2S. The van der Waals surface area contributed by atoms with Gasteiger partial charge in [0.1, 0.15) is 0 Å². The first-order valence-corrected chi connectivity index (χ1v) is 7.17. The summed E-state index contributed by atoms with van der Waals surface area (Å²) in [5.41, 5.74) is -0.0408. The van der Waals surface area contributed by atoms with Crippen molar-refractivity contribution in [3.05, 3.63) is 20.8 Å². The van der Waals surface area contributed by atoms with E-state index in [1.807, 2.05) is 6.26 Å². The van der Waals surface area contributed by atoms with Crippen LogP contribution in [0.2, 0.25) is 0 Å². The van der Waals surface area contributed by atoms with E-state index >= 15 is 0 Å². The number of hydrogen-bond donors (Lipinski definition) is 2. The molecule has 8 heteroatoms. The second kappa shape index (κ2) is 5.12. The van der Waals surface area contributed by atoms with E-state index in [0.29, 0.717) is 22.4 Å².